The van der Waals surface area contributed by atoms with Gasteiger partial charge in [0.2, 0.25) is 10.0 Å². The fraction of sp³-hybridized carbons (Fsp3) is 0.350. The fourth-order valence-electron chi connectivity index (χ4n) is 3.57. The highest BCUT2D eigenvalue weighted by atomic mass is 32.2. The second kappa shape index (κ2) is 7.83. The number of hydrogen-bond acceptors (Lipinski definition) is 5. The molecule has 7 nitrogen and oxygen atoms in total. The van der Waals surface area contributed by atoms with Crippen LogP contribution in [0.3, 0.4) is 0 Å². The van der Waals surface area contributed by atoms with Crippen molar-refractivity contribution in [1.29, 1.82) is 5.26 Å². The molecule has 32 heavy (non-hydrogen) atoms. The summed E-state index contributed by atoms with van der Waals surface area (Å²) in [7, 11) is -4.47. The minimum atomic E-state index is -4.74. The van der Waals surface area contributed by atoms with Crippen molar-refractivity contribution in [2.45, 2.75) is 49.3 Å². The van der Waals surface area contributed by atoms with Gasteiger partial charge in [0.1, 0.15) is 28.5 Å². The first-order valence-electron chi connectivity index (χ1n) is 9.68. The third-order valence-corrected chi connectivity index (χ3v) is 7.00. The van der Waals surface area contributed by atoms with Crippen molar-refractivity contribution in [1.82, 2.24) is 19.3 Å². The molecule has 3 heterocycles. The molecule has 1 atom stereocenters. The molecule has 0 amide bonds. The van der Waals surface area contributed by atoms with Gasteiger partial charge in [-0.25, -0.2) is 17.8 Å². The quantitative estimate of drug-likeness (QED) is 0.571. The first-order chi connectivity index (χ1) is 15.0. The maximum absolute atomic E-state index is 13.8. The van der Waals surface area contributed by atoms with Gasteiger partial charge < -0.3 is 4.57 Å². The van der Waals surface area contributed by atoms with E-state index in [2.05, 4.69) is 16.0 Å². The van der Waals surface area contributed by atoms with Crippen LogP contribution < -0.4 is 4.72 Å². The van der Waals surface area contributed by atoms with Crippen LogP contribution in [0.2, 0.25) is 0 Å². The molecule has 1 N–H and O–H groups in total. The van der Waals surface area contributed by atoms with Crippen molar-refractivity contribution < 1.29 is 26.0 Å². The predicted molar refractivity (Wildman–Crippen MR) is 106 cm³/mol. The van der Waals surface area contributed by atoms with Crippen LogP contribution in [-0.4, -0.2) is 35.2 Å². The van der Waals surface area contributed by atoms with E-state index in [0.717, 1.165) is 37.7 Å². The minimum Gasteiger partial charge on any atom is -0.320 e. The summed E-state index contributed by atoms with van der Waals surface area (Å²) in [6.45, 7) is 0.696. The molecule has 0 radical (unpaired) electrons. The van der Waals surface area contributed by atoms with Gasteiger partial charge in [-0.3, -0.25) is 4.98 Å². The topological polar surface area (TPSA) is 101 Å². The summed E-state index contributed by atoms with van der Waals surface area (Å²) in [6, 6.07) is 3.43. The largest absolute Gasteiger partial charge is 0.404 e. The fourth-order valence-corrected chi connectivity index (χ4v) is 4.75. The third kappa shape index (κ3) is 3.82. The Kier molecular flexibility index (Phi) is 5.42. The highest BCUT2D eigenvalue weighted by Gasteiger charge is 2.39. The zero-order valence-electron chi connectivity index (χ0n) is 16.7. The highest BCUT2D eigenvalue weighted by molar-refractivity contribution is 7.89. The van der Waals surface area contributed by atoms with Crippen molar-refractivity contribution in [2.24, 2.45) is 0 Å². The average Bonchev–Trinajstić information content (AvgIpc) is 2.99. The predicted octanol–water partition coefficient (Wildman–Crippen LogP) is 4.06. The van der Waals surface area contributed by atoms with Gasteiger partial charge in [0.15, 0.2) is 0 Å². The third-order valence-electron chi connectivity index (χ3n) is 5.47. The zero-order valence-corrected chi connectivity index (χ0v) is 17.5. The summed E-state index contributed by atoms with van der Waals surface area (Å²) in [6.07, 6.45) is -0.134. The molecular formula is C20H17F4N5O2S. The Balaban J connectivity index is 1.80. The molecule has 168 valence electrons. The molecule has 0 aliphatic heterocycles. The summed E-state index contributed by atoms with van der Waals surface area (Å²) in [5.74, 6) is -0.606. The lowest BCUT2D eigenvalue weighted by Gasteiger charge is -2.29. The van der Waals surface area contributed by atoms with E-state index in [1.165, 1.54) is 12.1 Å². The number of nitrogens with one attached hydrogen (secondary N) is 1. The summed E-state index contributed by atoms with van der Waals surface area (Å²) in [5.41, 5.74) is 1.16. The van der Waals surface area contributed by atoms with Crippen LogP contribution in [0, 0.1) is 17.1 Å². The smallest absolute Gasteiger partial charge is 0.320 e. The monoisotopic (exact) mass is 467 g/mol. The van der Waals surface area contributed by atoms with Gasteiger partial charge in [0.25, 0.3) is 0 Å². The van der Waals surface area contributed by atoms with Gasteiger partial charge in [0.05, 0.1) is 23.1 Å². The van der Waals surface area contributed by atoms with Crippen LogP contribution in [0.15, 0.2) is 35.5 Å². The Morgan fingerprint density at radius 1 is 1.25 bits per heavy atom. The van der Waals surface area contributed by atoms with Crippen molar-refractivity contribution in [3.05, 3.63) is 42.0 Å². The Morgan fingerprint density at radius 2 is 1.97 bits per heavy atom. The minimum absolute atomic E-state index is 0.0204. The van der Waals surface area contributed by atoms with Crippen LogP contribution in [0.25, 0.3) is 22.4 Å². The van der Waals surface area contributed by atoms with E-state index < -0.39 is 33.0 Å². The molecule has 1 fully saturated rings. The highest BCUT2D eigenvalue weighted by Crippen LogP contribution is 2.41. The lowest BCUT2D eigenvalue weighted by molar-refractivity contribution is -0.147. The molecule has 3 aromatic heterocycles. The number of sulfonamides is 1. The van der Waals surface area contributed by atoms with Crippen molar-refractivity contribution in [2.75, 3.05) is 0 Å². The maximum Gasteiger partial charge on any atom is 0.404 e. The van der Waals surface area contributed by atoms with Crippen LogP contribution >= 0.6 is 0 Å². The van der Waals surface area contributed by atoms with Crippen molar-refractivity contribution >= 4 is 21.1 Å². The molecule has 1 aliphatic carbocycles. The maximum atomic E-state index is 13.8. The van der Waals surface area contributed by atoms with E-state index in [4.69, 9.17) is 0 Å². The summed E-state index contributed by atoms with van der Waals surface area (Å²) in [4.78, 5) is 7.81. The Labute approximate surface area is 180 Å². The van der Waals surface area contributed by atoms with Crippen LogP contribution in [0.5, 0.6) is 0 Å². The summed E-state index contributed by atoms with van der Waals surface area (Å²) < 4.78 is 80.0. The van der Waals surface area contributed by atoms with E-state index in [1.54, 1.807) is 9.29 Å². The zero-order chi connectivity index (χ0) is 23.3. The molecule has 0 unspecified atom stereocenters. The average molecular weight is 467 g/mol. The number of alkyl halides is 3. The number of nitrogens with zero attached hydrogens (tertiary/aromatic N) is 4. The first kappa shape index (κ1) is 22.2. The van der Waals surface area contributed by atoms with Crippen LogP contribution in [-0.2, 0) is 10.0 Å². The van der Waals surface area contributed by atoms with Crippen molar-refractivity contribution in [3.63, 3.8) is 0 Å². The van der Waals surface area contributed by atoms with Gasteiger partial charge in [-0.2, -0.15) is 23.2 Å². The number of halogens is 4. The van der Waals surface area contributed by atoms with E-state index in [0.29, 0.717) is 23.7 Å². The number of hydrogen-bond donors (Lipinski definition) is 1. The van der Waals surface area contributed by atoms with Gasteiger partial charge in [-0.05, 0) is 44.4 Å². The van der Waals surface area contributed by atoms with E-state index in [9.17, 15) is 31.2 Å². The SMILES string of the molecule is C[C@H](NS(=O)(=O)c1ccc(-c2c(C#N)c3cc(F)cnc3n2C2CCC2)nc1)C(F)(F)F. The number of nitriles is 1. The van der Waals surface area contributed by atoms with Gasteiger partial charge in [-0.1, -0.05) is 0 Å². The molecular weight excluding hydrogens is 450 g/mol. The van der Waals surface area contributed by atoms with E-state index >= 15 is 0 Å². The number of pyridine rings is 2. The molecule has 0 saturated heterocycles. The second-order valence-electron chi connectivity index (χ2n) is 7.58. The lowest BCUT2D eigenvalue weighted by Crippen LogP contribution is -2.42. The number of rotatable bonds is 5. The van der Waals surface area contributed by atoms with Gasteiger partial charge >= 0.3 is 6.18 Å². The molecule has 4 rings (SSSR count). The molecule has 0 bridgehead atoms. The van der Waals surface area contributed by atoms with E-state index in [1.807, 2.05) is 0 Å². The number of fused-ring (bicyclic) bond motifs is 1. The molecule has 3 aromatic rings. The molecule has 1 saturated carbocycles. The lowest BCUT2D eigenvalue weighted by atomic mass is 9.92. The van der Waals surface area contributed by atoms with E-state index in [-0.39, 0.29) is 17.3 Å². The summed E-state index contributed by atoms with van der Waals surface area (Å²) >= 11 is 0. The Hall–Kier alpha value is -3.04. The Bertz CT molecular complexity index is 1320. The normalized spacial score (nSPS) is 16.0. The van der Waals surface area contributed by atoms with Gasteiger partial charge in [-0.15, -0.1) is 0 Å². The number of aromatic nitrogens is 3. The van der Waals surface area contributed by atoms with Gasteiger partial charge in [0, 0.05) is 17.6 Å². The van der Waals surface area contributed by atoms with Crippen molar-refractivity contribution in [3.8, 4) is 17.5 Å². The second-order valence-corrected chi connectivity index (χ2v) is 9.29. The van der Waals surface area contributed by atoms with Crippen LogP contribution in [0.4, 0.5) is 17.6 Å². The standard InChI is InChI=1S/C20H17F4N5O2S/c1-11(20(22,23)24)28-32(30,31)14-5-6-17(26-10-14)18-16(8-25)15-7-12(21)9-27-19(15)29(18)13-3-2-4-13/h5-7,9-11,13,28H,2-4H2,1H3/t11-/m0/s1. The van der Waals surface area contributed by atoms with Crippen LogP contribution in [0.1, 0.15) is 37.8 Å². The molecule has 0 spiro atoms. The molecule has 0 aromatic carbocycles. The Morgan fingerprint density at radius 3 is 2.50 bits per heavy atom. The molecule has 12 heteroatoms. The summed E-state index contributed by atoms with van der Waals surface area (Å²) in [5, 5.41) is 10.1. The first-order valence-corrected chi connectivity index (χ1v) is 11.2. The molecule has 1 aliphatic rings.